The molecule has 2 N–H and O–H groups in total. The van der Waals surface area contributed by atoms with Crippen LogP contribution in [0.25, 0.3) is 0 Å². The van der Waals surface area contributed by atoms with E-state index in [1.54, 1.807) is 0 Å². The standard InChI is InChI=1S/C16H23ClO3/c17-14-8-2-1-7-13(14)15(9-3-6-12-18)20-16(19)10-4-5-11-16/h1-2,7-8,15,18-19H,3-6,9-12H2. The molecule has 1 fully saturated rings. The second-order valence-corrected chi connectivity index (χ2v) is 5.91. The van der Waals surface area contributed by atoms with E-state index in [-0.39, 0.29) is 12.7 Å². The van der Waals surface area contributed by atoms with Crippen molar-refractivity contribution in [3.8, 4) is 0 Å². The number of ether oxygens (including phenoxy) is 1. The van der Waals surface area contributed by atoms with Crippen LogP contribution in [0, 0.1) is 0 Å². The second kappa shape index (κ2) is 7.41. The summed E-state index contributed by atoms with van der Waals surface area (Å²) < 4.78 is 6.00. The molecule has 112 valence electrons. The van der Waals surface area contributed by atoms with Gasteiger partial charge in [0.25, 0.3) is 0 Å². The molecular weight excluding hydrogens is 276 g/mol. The molecule has 1 saturated carbocycles. The van der Waals surface area contributed by atoms with Gasteiger partial charge in [-0.15, -0.1) is 0 Å². The Balaban J connectivity index is 2.09. The summed E-state index contributed by atoms with van der Waals surface area (Å²) in [6.45, 7) is 0.180. The minimum atomic E-state index is -1.01. The van der Waals surface area contributed by atoms with Crippen LogP contribution in [0.3, 0.4) is 0 Å². The highest BCUT2D eigenvalue weighted by Crippen LogP contribution is 2.38. The quantitative estimate of drug-likeness (QED) is 0.594. The molecule has 0 aromatic heterocycles. The number of rotatable bonds is 7. The lowest BCUT2D eigenvalue weighted by molar-refractivity contribution is -0.228. The van der Waals surface area contributed by atoms with Crippen molar-refractivity contribution in [2.24, 2.45) is 0 Å². The van der Waals surface area contributed by atoms with Crippen molar-refractivity contribution in [2.75, 3.05) is 6.61 Å². The summed E-state index contributed by atoms with van der Waals surface area (Å²) in [5, 5.41) is 20.0. The molecule has 1 aromatic carbocycles. The summed E-state index contributed by atoms with van der Waals surface area (Å²) in [6.07, 6.45) is 5.52. The third-order valence-electron chi connectivity index (χ3n) is 3.87. The molecule has 0 aliphatic heterocycles. The van der Waals surface area contributed by atoms with Crippen LogP contribution >= 0.6 is 11.6 Å². The number of halogens is 1. The van der Waals surface area contributed by atoms with Crippen molar-refractivity contribution >= 4 is 11.6 Å². The number of aliphatic hydroxyl groups is 2. The average molecular weight is 299 g/mol. The molecule has 0 radical (unpaired) electrons. The van der Waals surface area contributed by atoms with E-state index in [1.807, 2.05) is 24.3 Å². The Labute approximate surface area is 125 Å². The molecule has 1 aliphatic rings. The lowest BCUT2D eigenvalue weighted by Gasteiger charge is -2.30. The SMILES string of the molecule is OCCCCC(OC1(O)CCCC1)c1ccccc1Cl. The first kappa shape index (κ1) is 15.8. The summed E-state index contributed by atoms with van der Waals surface area (Å²) in [7, 11) is 0. The van der Waals surface area contributed by atoms with Crippen LogP contribution in [0.1, 0.15) is 56.6 Å². The van der Waals surface area contributed by atoms with E-state index in [0.717, 1.165) is 37.7 Å². The third-order valence-corrected chi connectivity index (χ3v) is 4.22. The molecule has 1 atom stereocenters. The molecule has 0 heterocycles. The van der Waals surface area contributed by atoms with E-state index in [9.17, 15) is 5.11 Å². The highest BCUT2D eigenvalue weighted by Gasteiger charge is 2.35. The molecular formula is C16H23ClO3. The van der Waals surface area contributed by atoms with E-state index in [0.29, 0.717) is 17.9 Å². The van der Waals surface area contributed by atoms with Gasteiger partial charge < -0.3 is 14.9 Å². The monoisotopic (exact) mass is 298 g/mol. The minimum Gasteiger partial charge on any atom is -0.396 e. The zero-order chi connectivity index (χ0) is 14.4. The van der Waals surface area contributed by atoms with Crippen molar-refractivity contribution < 1.29 is 14.9 Å². The van der Waals surface area contributed by atoms with Gasteiger partial charge in [-0.3, -0.25) is 0 Å². The lowest BCUT2D eigenvalue weighted by atomic mass is 10.0. The molecule has 1 aliphatic carbocycles. The summed E-state index contributed by atoms with van der Waals surface area (Å²) in [5.41, 5.74) is 0.924. The topological polar surface area (TPSA) is 49.7 Å². The van der Waals surface area contributed by atoms with Crippen molar-refractivity contribution in [2.45, 2.75) is 56.8 Å². The van der Waals surface area contributed by atoms with Gasteiger partial charge in [0.15, 0.2) is 5.79 Å². The van der Waals surface area contributed by atoms with Gasteiger partial charge in [-0.05, 0) is 43.7 Å². The third kappa shape index (κ3) is 4.19. The number of unbranched alkanes of at least 4 members (excludes halogenated alkanes) is 1. The molecule has 2 rings (SSSR count). The molecule has 0 spiro atoms. The summed E-state index contributed by atoms with van der Waals surface area (Å²) in [6, 6.07) is 7.62. The first-order valence-electron chi connectivity index (χ1n) is 7.40. The number of hydrogen-bond acceptors (Lipinski definition) is 3. The van der Waals surface area contributed by atoms with E-state index < -0.39 is 5.79 Å². The average Bonchev–Trinajstić information content (AvgIpc) is 2.85. The van der Waals surface area contributed by atoms with Gasteiger partial charge in [0.1, 0.15) is 0 Å². The fourth-order valence-electron chi connectivity index (χ4n) is 2.77. The van der Waals surface area contributed by atoms with Crippen molar-refractivity contribution in [1.82, 2.24) is 0 Å². The summed E-state index contributed by atoms with van der Waals surface area (Å²) >= 11 is 6.25. The zero-order valence-electron chi connectivity index (χ0n) is 11.7. The Bertz CT molecular complexity index is 416. The van der Waals surface area contributed by atoms with Crippen LogP contribution in [0.15, 0.2) is 24.3 Å². The van der Waals surface area contributed by atoms with Gasteiger partial charge in [-0.25, -0.2) is 0 Å². The maximum atomic E-state index is 10.5. The fraction of sp³-hybridized carbons (Fsp3) is 0.625. The second-order valence-electron chi connectivity index (χ2n) is 5.50. The fourth-order valence-corrected chi connectivity index (χ4v) is 3.02. The Kier molecular flexibility index (Phi) is 5.85. The van der Waals surface area contributed by atoms with Crippen LogP contribution in [0.2, 0.25) is 5.02 Å². The first-order valence-corrected chi connectivity index (χ1v) is 7.78. The maximum Gasteiger partial charge on any atom is 0.166 e. The molecule has 3 nitrogen and oxygen atoms in total. The Morgan fingerprint density at radius 3 is 2.55 bits per heavy atom. The maximum absolute atomic E-state index is 10.5. The molecule has 0 bridgehead atoms. The molecule has 20 heavy (non-hydrogen) atoms. The highest BCUT2D eigenvalue weighted by atomic mass is 35.5. The number of aliphatic hydroxyl groups excluding tert-OH is 1. The molecule has 1 unspecified atom stereocenters. The zero-order valence-corrected chi connectivity index (χ0v) is 12.5. The Morgan fingerprint density at radius 2 is 1.90 bits per heavy atom. The van der Waals surface area contributed by atoms with E-state index in [2.05, 4.69) is 0 Å². The van der Waals surface area contributed by atoms with Gasteiger partial charge in [-0.1, -0.05) is 29.8 Å². The Hall–Kier alpha value is -0.610. The van der Waals surface area contributed by atoms with Gasteiger partial charge in [0.05, 0.1) is 6.10 Å². The van der Waals surface area contributed by atoms with Gasteiger partial charge >= 0.3 is 0 Å². The summed E-state index contributed by atoms with van der Waals surface area (Å²) in [5.74, 6) is -1.01. The first-order chi connectivity index (χ1) is 9.64. The van der Waals surface area contributed by atoms with Gasteiger partial charge in [0.2, 0.25) is 0 Å². The van der Waals surface area contributed by atoms with Gasteiger partial charge in [0, 0.05) is 24.5 Å². The Morgan fingerprint density at radius 1 is 1.20 bits per heavy atom. The molecule has 0 saturated heterocycles. The van der Waals surface area contributed by atoms with Crippen molar-refractivity contribution in [3.05, 3.63) is 34.9 Å². The highest BCUT2D eigenvalue weighted by molar-refractivity contribution is 6.31. The summed E-state index contributed by atoms with van der Waals surface area (Å²) in [4.78, 5) is 0. The van der Waals surface area contributed by atoms with E-state index in [1.165, 1.54) is 0 Å². The minimum absolute atomic E-state index is 0.180. The molecule has 4 heteroatoms. The normalized spacial score (nSPS) is 19.1. The molecule has 0 amide bonds. The van der Waals surface area contributed by atoms with E-state index >= 15 is 0 Å². The van der Waals surface area contributed by atoms with Crippen LogP contribution < -0.4 is 0 Å². The lowest BCUT2D eigenvalue weighted by Crippen LogP contribution is -2.30. The van der Waals surface area contributed by atoms with Crippen LogP contribution in [-0.2, 0) is 4.74 Å². The number of benzene rings is 1. The van der Waals surface area contributed by atoms with Gasteiger partial charge in [-0.2, -0.15) is 0 Å². The van der Waals surface area contributed by atoms with Crippen LogP contribution in [-0.4, -0.2) is 22.6 Å². The van der Waals surface area contributed by atoms with Crippen molar-refractivity contribution in [3.63, 3.8) is 0 Å². The van der Waals surface area contributed by atoms with E-state index in [4.69, 9.17) is 21.4 Å². The predicted octanol–water partition coefficient (Wildman–Crippen LogP) is 3.82. The van der Waals surface area contributed by atoms with Crippen LogP contribution in [0.5, 0.6) is 0 Å². The van der Waals surface area contributed by atoms with Crippen LogP contribution in [0.4, 0.5) is 0 Å². The predicted molar refractivity (Wildman–Crippen MR) is 79.6 cm³/mol. The number of hydrogen-bond donors (Lipinski definition) is 2. The smallest absolute Gasteiger partial charge is 0.166 e. The van der Waals surface area contributed by atoms with Crippen molar-refractivity contribution in [1.29, 1.82) is 0 Å². The molecule has 1 aromatic rings. The largest absolute Gasteiger partial charge is 0.396 e.